The molecule has 2 aromatic rings. The number of nitrogens with zero attached hydrogens (tertiary/aromatic N) is 1. The van der Waals surface area contributed by atoms with Crippen molar-refractivity contribution in [1.29, 1.82) is 0 Å². The van der Waals surface area contributed by atoms with Gasteiger partial charge < -0.3 is 14.2 Å². The molecule has 138 valence electrons. The van der Waals surface area contributed by atoms with Crippen molar-refractivity contribution in [3.63, 3.8) is 0 Å². The number of ether oxygens (including phenoxy) is 3. The van der Waals surface area contributed by atoms with Crippen molar-refractivity contribution in [2.45, 2.75) is 20.0 Å². The Morgan fingerprint density at radius 2 is 1.77 bits per heavy atom. The third-order valence-electron chi connectivity index (χ3n) is 3.53. The third-order valence-corrected chi connectivity index (χ3v) is 3.53. The molecule has 6 nitrogen and oxygen atoms in total. The fourth-order valence-corrected chi connectivity index (χ4v) is 2.40. The van der Waals surface area contributed by atoms with Gasteiger partial charge in [0.15, 0.2) is 17.6 Å². The first-order valence-corrected chi connectivity index (χ1v) is 8.49. The number of hydrogen-bond donors (Lipinski definition) is 1. The van der Waals surface area contributed by atoms with E-state index in [0.717, 1.165) is 11.1 Å². The van der Waals surface area contributed by atoms with Crippen LogP contribution >= 0.6 is 0 Å². The van der Waals surface area contributed by atoms with Gasteiger partial charge in [-0.25, -0.2) is 5.43 Å². The molecule has 0 aliphatic heterocycles. The average Bonchev–Trinajstić information content (AvgIpc) is 2.65. The molecule has 0 saturated heterocycles. The van der Waals surface area contributed by atoms with Gasteiger partial charge in [0.1, 0.15) is 0 Å². The van der Waals surface area contributed by atoms with Crippen molar-refractivity contribution < 1.29 is 19.0 Å². The molecule has 2 aromatic carbocycles. The Morgan fingerprint density at radius 1 is 1.08 bits per heavy atom. The molecule has 1 unspecified atom stereocenters. The zero-order chi connectivity index (χ0) is 18.8. The van der Waals surface area contributed by atoms with Gasteiger partial charge in [-0.2, -0.15) is 5.10 Å². The molecule has 0 saturated carbocycles. The first-order valence-electron chi connectivity index (χ1n) is 8.49. The number of carbonyl (C=O) groups excluding carboxylic acids is 1. The van der Waals surface area contributed by atoms with Crippen molar-refractivity contribution in [3.8, 4) is 11.5 Å². The number of methoxy groups -OCH3 is 1. The van der Waals surface area contributed by atoms with Crippen molar-refractivity contribution in [3.05, 3.63) is 59.7 Å². The maximum atomic E-state index is 12.3. The molecule has 0 fully saturated rings. The van der Waals surface area contributed by atoms with Crippen LogP contribution in [0.5, 0.6) is 11.5 Å². The number of hydrazone groups is 1. The Morgan fingerprint density at radius 3 is 2.42 bits per heavy atom. The van der Waals surface area contributed by atoms with E-state index in [1.807, 2.05) is 62.4 Å². The predicted octanol–water partition coefficient (Wildman–Crippen LogP) is 3.32. The Balaban J connectivity index is 2.05. The summed E-state index contributed by atoms with van der Waals surface area (Å²) in [6, 6.07) is 14.7. The zero-order valence-electron chi connectivity index (χ0n) is 15.3. The van der Waals surface area contributed by atoms with Crippen LogP contribution in [-0.2, 0) is 9.53 Å². The highest BCUT2D eigenvalue weighted by molar-refractivity contribution is 5.85. The minimum absolute atomic E-state index is 0.342. The van der Waals surface area contributed by atoms with Gasteiger partial charge >= 0.3 is 0 Å². The summed E-state index contributed by atoms with van der Waals surface area (Å²) in [6.45, 7) is 4.91. The molecular weight excluding hydrogens is 332 g/mol. The van der Waals surface area contributed by atoms with E-state index in [1.165, 1.54) is 7.11 Å². The molecule has 0 spiro atoms. The fourth-order valence-electron chi connectivity index (χ4n) is 2.40. The Labute approximate surface area is 153 Å². The summed E-state index contributed by atoms with van der Waals surface area (Å²) < 4.78 is 16.4. The molecule has 0 aromatic heterocycles. The topological polar surface area (TPSA) is 69.2 Å². The summed E-state index contributed by atoms with van der Waals surface area (Å²) in [6.07, 6.45) is 0.834. The summed E-state index contributed by atoms with van der Waals surface area (Å²) >= 11 is 0. The van der Waals surface area contributed by atoms with Gasteiger partial charge in [-0.15, -0.1) is 0 Å². The van der Waals surface area contributed by atoms with E-state index in [-0.39, 0.29) is 5.91 Å². The number of carbonyl (C=O) groups is 1. The van der Waals surface area contributed by atoms with E-state index in [1.54, 1.807) is 6.21 Å². The van der Waals surface area contributed by atoms with E-state index in [2.05, 4.69) is 10.5 Å². The van der Waals surface area contributed by atoms with Crippen LogP contribution in [0.1, 0.15) is 31.1 Å². The molecule has 0 heterocycles. The predicted molar refractivity (Wildman–Crippen MR) is 101 cm³/mol. The lowest BCUT2D eigenvalue weighted by molar-refractivity contribution is -0.131. The van der Waals surface area contributed by atoms with Gasteiger partial charge in [-0.05, 0) is 43.2 Å². The molecule has 0 bridgehead atoms. The average molecular weight is 356 g/mol. The monoisotopic (exact) mass is 356 g/mol. The van der Waals surface area contributed by atoms with Gasteiger partial charge in [0.05, 0.1) is 19.4 Å². The fraction of sp³-hybridized carbons (Fsp3) is 0.300. The number of amides is 1. The largest absolute Gasteiger partial charge is 0.490 e. The molecule has 1 N–H and O–H groups in total. The van der Waals surface area contributed by atoms with Crippen molar-refractivity contribution in [1.82, 2.24) is 5.43 Å². The normalized spacial score (nSPS) is 12.0. The van der Waals surface area contributed by atoms with Crippen molar-refractivity contribution >= 4 is 12.1 Å². The van der Waals surface area contributed by atoms with Gasteiger partial charge in [0, 0.05) is 7.11 Å². The first-order chi connectivity index (χ1) is 12.7. The second-order valence-electron chi connectivity index (χ2n) is 5.33. The van der Waals surface area contributed by atoms with E-state index in [9.17, 15) is 4.79 Å². The quantitative estimate of drug-likeness (QED) is 0.553. The second kappa shape index (κ2) is 10.2. The number of benzene rings is 2. The highest BCUT2D eigenvalue weighted by atomic mass is 16.5. The molecule has 26 heavy (non-hydrogen) atoms. The summed E-state index contributed by atoms with van der Waals surface area (Å²) in [5.41, 5.74) is 4.05. The van der Waals surface area contributed by atoms with Crippen molar-refractivity contribution in [2.75, 3.05) is 20.3 Å². The van der Waals surface area contributed by atoms with Crippen LogP contribution in [0.4, 0.5) is 0 Å². The van der Waals surface area contributed by atoms with E-state index >= 15 is 0 Å². The maximum Gasteiger partial charge on any atom is 0.273 e. The summed E-state index contributed by atoms with van der Waals surface area (Å²) in [5.74, 6) is 0.980. The summed E-state index contributed by atoms with van der Waals surface area (Å²) in [7, 11) is 1.49. The standard InChI is InChI=1S/C20H24N2O4/c1-4-25-17-12-11-15(13-18(17)26-5-2)14-21-22-20(23)19(24-3)16-9-7-6-8-10-16/h6-14,19H,4-5H2,1-3H3,(H,22,23). The highest BCUT2D eigenvalue weighted by Gasteiger charge is 2.19. The Hall–Kier alpha value is -2.86. The van der Waals surface area contributed by atoms with Crippen LogP contribution in [0.25, 0.3) is 0 Å². The SMILES string of the molecule is CCOc1ccc(C=NNC(=O)C(OC)c2ccccc2)cc1OCC. The molecule has 6 heteroatoms. The Bertz CT molecular complexity index is 732. The first kappa shape index (κ1) is 19.5. The molecule has 0 radical (unpaired) electrons. The van der Waals surface area contributed by atoms with E-state index < -0.39 is 6.10 Å². The maximum absolute atomic E-state index is 12.3. The lowest BCUT2D eigenvalue weighted by Crippen LogP contribution is -2.26. The van der Waals surface area contributed by atoms with Crippen LogP contribution in [0, 0.1) is 0 Å². The molecule has 2 rings (SSSR count). The molecular formula is C20H24N2O4. The summed E-state index contributed by atoms with van der Waals surface area (Å²) in [4.78, 5) is 12.3. The smallest absolute Gasteiger partial charge is 0.273 e. The van der Waals surface area contributed by atoms with Crippen LogP contribution in [-0.4, -0.2) is 32.4 Å². The minimum Gasteiger partial charge on any atom is -0.490 e. The minimum atomic E-state index is -0.715. The van der Waals surface area contributed by atoms with Gasteiger partial charge in [-0.3, -0.25) is 4.79 Å². The second-order valence-corrected chi connectivity index (χ2v) is 5.33. The van der Waals surface area contributed by atoms with E-state index in [4.69, 9.17) is 14.2 Å². The number of hydrogen-bond acceptors (Lipinski definition) is 5. The Kier molecular flexibility index (Phi) is 7.64. The third kappa shape index (κ3) is 5.32. The van der Waals surface area contributed by atoms with E-state index in [0.29, 0.717) is 24.7 Å². The van der Waals surface area contributed by atoms with Crippen LogP contribution < -0.4 is 14.9 Å². The van der Waals surface area contributed by atoms with Gasteiger partial charge in [0.25, 0.3) is 5.91 Å². The molecule has 1 amide bonds. The van der Waals surface area contributed by atoms with Crippen LogP contribution in [0.2, 0.25) is 0 Å². The van der Waals surface area contributed by atoms with Crippen LogP contribution in [0.3, 0.4) is 0 Å². The zero-order valence-corrected chi connectivity index (χ0v) is 15.3. The van der Waals surface area contributed by atoms with Gasteiger partial charge in [0.2, 0.25) is 0 Å². The molecule has 1 atom stereocenters. The van der Waals surface area contributed by atoms with Crippen molar-refractivity contribution in [2.24, 2.45) is 5.10 Å². The molecule has 0 aliphatic carbocycles. The highest BCUT2D eigenvalue weighted by Crippen LogP contribution is 2.28. The van der Waals surface area contributed by atoms with Gasteiger partial charge in [-0.1, -0.05) is 30.3 Å². The molecule has 0 aliphatic rings. The van der Waals surface area contributed by atoms with Crippen LogP contribution in [0.15, 0.2) is 53.6 Å². The number of rotatable bonds is 9. The number of nitrogens with one attached hydrogen (secondary N) is 1. The lowest BCUT2D eigenvalue weighted by atomic mass is 10.1. The summed E-state index contributed by atoms with van der Waals surface area (Å²) in [5, 5.41) is 4.01. The lowest BCUT2D eigenvalue weighted by Gasteiger charge is -2.13.